The van der Waals surface area contributed by atoms with Crippen molar-refractivity contribution in [2.75, 3.05) is 25.2 Å². The summed E-state index contributed by atoms with van der Waals surface area (Å²) in [5.41, 5.74) is 2.30. The summed E-state index contributed by atoms with van der Waals surface area (Å²) >= 11 is 1.33. The highest BCUT2D eigenvalue weighted by molar-refractivity contribution is 7.89. The number of anilines is 1. The Kier molecular flexibility index (Phi) is 4.37. The Morgan fingerprint density at radius 1 is 1.58 bits per heavy atom. The molecule has 2 rings (SSSR count). The van der Waals surface area contributed by atoms with E-state index in [1.54, 1.807) is 11.6 Å². The van der Waals surface area contributed by atoms with Gasteiger partial charge in [-0.3, -0.25) is 4.40 Å². The highest BCUT2D eigenvalue weighted by Gasteiger charge is 2.25. The molecule has 0 aliphatic heterocycles. The molecule has 0 fully saturated rings. The van der Waals surface area contributed by atoms with Crippen molar-refractivity contribution in [2.45, 2.75) is 11.9 Å². The smallest absolute Gasteiger partial charge is 0.260 e. The minimum Gasteiger partial charge on any atom is -0.380 e. The summed E-state index contributed by atoms with van der Waals surface area (Å²) in [7, 11) is -3.70. The molecule has 0 radical (unpaired) electrons. The van der Waals surface area contributed by atoms with E-state index in [1.807, 2.05) is 6.92 Å². The molecule has 0 aromatic carbocycles. The second-order valence-corrected chi connectivity index (χ2v) is 6.12. The number of hydrogen-bond acceptors (Lipinski definition) is 7. The van der Waals surface area contributed by atoms with Gasteiger partial charge >= 0.3 is 0 Å². The lowest BCUT2D eigenvalue weighted by atomic mass is 10.7. The molecule has 10 heteroatoms. The summed E-state index contributed by atoms with van der Waals surface area (Å²) in [4.78, 5) is 4.65. The van der Waals surface area contributed by atoms with E-state index in [4.69, 9.17) is 10.6 Å². The Morgan fingerprint density at radius 3 is 3.05 bits per heavy atom. The quantitative estimate of drug-likeness (QED) is 0.377. The van der Waals surface area contributed by atoms with E-state index in [-0.39, 0.29) is 17.4 Å². The second kappa shape index (κ2) is 5.84. The lowest BCUT2D eigenvalue weighted by Crippen LogP contribution is -2.29. The van der Waals surface area contributed by atoms with Gasteiger partial charge in [0.25, 0.3) is 10.0 Å². The van der Waals surface area contributed by atoms with Crippen LogP contribution in [-0.2, 0) is 14.8 Å². The number of aromatic nitrogens is 2. The van der Waals surface area contributed by atoms with Crippen molar-refractivity contribution in [3.8, 4) is 0 Å². The summed E-state index contributed by atoms with van der Waals surface area (Å²) in [5.74, 6) is 5.43. The maximum Gasteiger partial charge on any atom is 0.260 e. The molecule has 0 atom stereocenters. The molecule has 106 valence electrons. The SMILES string of the molecule is CCOCCNS(=O)(=O)c1c(NN)nc2sccn12. The van der Waals surface area contributed by atoms with Crippen LogP contribution in [0.3, 0.4) is 0 Å². The topological polar surface area (TPSA) is 111 Å². The van der Waals surface area contributed by atoms with E-state index in [1.165, 1.54) is 15.7 Å². The highest BCUT2D eigenvalue weighted by Crippen LogP contribution is 2.24. The number of hydrazine groups is 1. The van der Waals surface area contributed by atoms with Gasteiger partial charge in [-0.25, -0.2) is 19.0 Å². The Morgan fingerprint density at radius 2 is 2.37 bits per heavy atom. The molecule has 0 unspecified atom stereocenters. The fourth-order valence-electron chi connectivity index (χ4n) is 1.58. The van der Waals surface area contributed by atoms with E-state index in [0.717, 1.165) is 0 Å². The fourth-order valence-corrected chi connectivity index (χ4v) is 3.60. The van der Waals surface area contributed by atoms with Crippen LogP contribution in [0.4, 0.5) is 5.82 Å². The Balaban J connectivity index is 2.28. The molecule has 0 saturated carbocycles. The Bertz CT molecular complexity index is 648. The van der Waals surface area contributed by atoms with Gasteiger partial charge in [0.05, 0.1) is 6.61 Å². The molecule has 0 amide bonds. The zero-order valence-corrected chi connectivity index (χ0v) is 11.9. The van der Waals surface area contributed by atoms with Crippen LogP contribution in [0, 0.1) is 0 Å². The summed E-state index contributed by atoms with van der Waals surface area (Å²) in [6, 6.07) is 0. The van der Waals surface area contributed by atoms with Crippen molar-refractivity contribution in [1.82, 2.24) is 14.1 Å². The molecule has 0 aliphatic carbocycles. The van der Waals surface area contributed by atoms with Crippen molar-refractivity contribution in [2.24, 2.45) is 5.84 Å². The third-order valence-corrected chi connectivity index (χ3v) is 4.59. The van der Waals surface area contributed by atoms with Crippen LogP contribution in [0.15, 0.2) is 16.6 Å². The summed E-state index contributed by atoms with van der Waals surface area (Å²) in [6.45, 7) is 2.89. The number of nitrogens with one attached hydrogen (secondary N) is 2. The first-order chi connectivity index (χ1) is 9.10. The average Bonchev–Trinajstić information content (AvgIpc) is 2.93. The zero-order chi connectivity index (χ0) is 13.9. The molecule has 0 saturated heterocycles. The maximum atomic E-state index is 12.2. The van der Waals surface area contributed by atoms with Crippen LogP contribution in [0.1, 0.15) is 6.92 Å². The van der Waals surface area contributed by atoms with E-state index in [0.29, 0.717) is 18.2 Å². The molecule has 2 aromatic rings. The van der Waals surface area contributed by atoms with Gasteiger partial charge < -0.3 is 10.2 Å². The molecule has 2 heterocycles. The standard InChI is InChI=1S/C9H15N5O3S2/c1-2-17-5-3-11-19(15,16)8-7(13-10)12-9-14(8)4-6-18-9/h4,6,11,13H,2-3,5,10H2,1H3. The van der Waals surface area contributed by atoms with Gasteiger partial charge in [-0.1, -0.05) is 0 Å². The van der Waals surface area contributed by atoms with E-state index >= 15 is 0 Å². The summed E-state index contributed by atoms with van der Waals surface area (Å²) in [6.07, 6.45) is 1.63. The first kappa shape index (κ1) is 14.2. The normalized spacial score (nSPS) is 12.1. The average molecular weight is 305 g/mol. The van der Waals surface area contributed by atoms with Crippen LogP contribution in [0.5, 0.6) is 0 Å². The minimum absolute atomic E-state index is 0.00254. The molecule has 2 aromatic heterocycles. The largest absolute Gasteiger partial charge is 0.380 e. The summed E-state index contributed by atoms with van der Waals surface area (Å²) < 4.78 is 33.5. The number of thiazole rings is 1. The van der Waals surface area contributed by atoms with Crippen molar-refractivity contribution in [3.05, 3.63) is 11.6 Å². The van der Waals surface area contributed by atoms with Crippen molar-refractivity contribution in [3.63, 3.8) is 0 Å². The Labute approximate surface area is 114 Å². The van der Waals surface area contributed by atoms with Crippen LogP contribution in [0.25, 0.3) is 4.96 Å². The van der Waals surface area contributed by atoms with Gasteiger partial charge in [0.2, 0.25) is 5.03 Å². The number of nitrogen functional groups attached to an aromatic ring is 1. The number of fused-ring (bicyclic) bond motifs is 1. The third kappa shape index (κ3) is 2.87. The molecule has 0 aliphatic rings. The summed E-state index contributed by atoms with van der Waals surface area (Å²) in [5, 5.41) is 1.75. The molecular formula is C9H15N5O3S2. The van der Waals surface area contributed by atoms with Crippen LogP contribution >= 0.6 is 11.3 Å². The third-order valence-electron chi connectivity index (χ3n) is 2.35. The molecular weight excluding hydrogens is 290 g/mol. The van der Waals surface area contributed by atoms with Crippen molar-refractivity contribution < 1.29 is 13.2 Å². The first-order valence-corrected chi connectivity index (χ1v) is 7.96. The number of hydrogen-bond donors (Lipinski definition) is 3. The molecule has 19 heavy (non-hydrogen) atoms. The van der Waals surface area contributed by atoms with Gasteiger partial charge in [0.1, 0.15) is 0 Å². The number of ether oxygens (including phenoxy) is 1. The van der Waals surface area contributed by atoms with Crippen molar-refractivity contribution >= 4 is 32.1 Å². The minimum atomic E-state index is -3.70. The first-order valence-electron chi connectivity index (χ1n) is 5.59. The number of nitrogens with two attached hydrogens (primary N) is 1. The van der Waals surface area contributed by atoms with Gasteiger partial charge in [-0.15, -0.1) is 11.3 Å². The van der Waals surface area contributed by atoms with Crippen LogP contribution < -0.4 is 16.0 Å². The lowest BCUT2D eigenvalue weighted by Gasteiger charge is -2.07. The van der Waals surface area contributed by atoms with Crippen LogP contribution in [-0.4, -0.2) is 37.6 Å². The van der Waals surface area contributed by atoms with E-state index in [9.17, 15) is 8.42 Å². The highest BCUT2D eigenvalue weighted by atomic mass is 32.2. The van der Waals surface area contributed by atoms with Gasteiger partial charge in [0, 0.05) is 24.7 Å². The predicted molar refractivity (Wildman–Crippen MR) is 72.6 cm³/mol. The zero-order valence-electron chi connectivity index (χ0n) is 10.3. The maximum absolute atomic E-state index is 12.2. The molecule has 0 spiro atoms. The Hall–Kier alpha value is -1.20. The number of imidazole rings is 1. The van der Waals surface area contributed by atoms with Crippen LogP contribution in [0.2, 0.25) is 0 Å². The lowest BCUT2D eigenvalue weighted by molar-refractivity contribution is 0.153. The number of rotatable bonds is 7. The molecule has 4 N–H and O–H groups in total. The van der Waals surface area contributed by atoms with Gasteiger partial charge in [-0.05, 0) is 6.92 Å². The number of nitrogens with zero attached hydrogens (tertiary/aromatic N) is 2. The van der Waals surface area contributed by atoms with E-state index in [2.05, 4.69) is 15.1 Å². The number of sulfonamides is 1. The van der Waals surface area contributed by atoms with Gasteiger partial charge in [0.15, 0.2) is 10.8 Å². The molecule has 8 nitrogen and oxygen atoms in total. The van der Waals surface area contributed by atoms with Gasteiger partial charge in [-0.2, -0.15) is 4.98 Å². The van der Waals surface area contributed by atoms with E-state index < -0.39 is 10.0 Å². The second-order valence-electron chi connectivity index (χ2n) is 3.56. The fraction of sp³-hybridized carbons (Fsp3) is 0.444. The predicted octanol–water partition coefficient (Wildman–Crippen LogP) is -0.00380. The molecule has 0 bridgehead atoms. The monoisotopic (exact) mass is 305 g/mol. The van der Waals surface area contributed by atoms with Crippen molar-refractivity contribution in [1.29, 1.82) is 0 Å².